The predicted octanol–water partition coefficient (Wildman–Crippen LogP) is 3.33. The molecule has 4 heteroatoms. The van der Waals surface area contributed by atoms with Crippen LogP contribution in [0.15, 0.2) is 42.5 Å². The minimum Gasteiger partial charge on any atom is -0.494 e. The number of ether oxygens (including phenoxy) is 3. The standard InChI is InChI=1S/C17H18O4/c1-4-21-14-7-5-6-12(10-14)17(18)13-8-9-15(19-2)16(11-13)20-3/h5-11H,4H2,1-3H3. The molecule has 0 aliphatic heterocycles. The second-order valence-corrected chi connectivity index (χ2v) is 4.36. The first kappa shape index (κ1) is 14.9. The maximum absolute atomic E-state index is 12.5. The van der Waals surface area contributed by atoms with Gasteiger partial charge in [0.15, 0.2) is 17.3 Å². The van der Waals surface area contributed by atoms with Crippen molar-refractivity contribution in [2.45, 2.75) is 6.92 Å². The van der Waals surface area contributed by atoms with Crippen LogP contribution in [-0.2, 0) is 0 Å². The molecule has 0 saturated heterocycles. The molecule has 0 spiro atoms. The fourth-order valence-electron chi connectivity index (χ4n) is 2.04. The van der Waals surface area contributed by atoms with E-state index in [1.807, 2.05) is 13.0 Å². The van der Waals surface area contributed by atoms with Crippen LogP contribution in [0.4, 0.5) is 0 Å². The first-order valence-electron chi connectivity index (χ1n) is 6.69. The molecule has 21 heavy (non-hydrogen) atoms. The molecule has 0 N–H and O–H groups in total. The Kier molecular flexibility index (Phi) is 4.82. The number of benzene rings is 2. The Bertz CT molecular complexity index is 634. The molecule has 0 unspecified atom stereocenters. The molecule has 0 aliphatic rings. The van der Waals surface area contributed by atoms with E-state index in [0.29, 0.717) is 35.0 Å². The summed E-state index contributed by atoms with van der Waals surface area (Å²) in [4.78, 5) is 12.5. The fourth-order valence-corrected chi connectivity index (χ4v) is 2.04. The van der Waals surface area contributed by atoms with E-state index in [0.717, 1.165) is 0 Å². The molecular weight excluding hydrogens is 268 g/mol. The van der Waals surface area contributed by atoms with Crippen LogP contribution in [0.2, 0.25) is 0 Å². The maximum atomic E-state index is 12.5. The van der Waals surface area contributed by atoms with Gasteiger partial charge in [0.05, 0.1) is 20.8 Å². The number of ketones is 1. The van der Waals surface area contributed by atoms with Crippen molar-refractivity contribution >= 4 is 5.78 Å². The summed E-state index contributed by atoms with van der Waals surface area (Å²) < 4.78 is 15.8. The van der Waals surface area contributed by atoms with Gasteiger partial charge in [-0.15, -0.1) is 0 Å². The molecule has 0 heterocycles. The molecule has 0 aliphatic carbocycles. The third-order valence-electron chi connectivity index (χ3n) is 3.05. The SMILES string of the molecule is CCOc1cccc(C(=O)c2ccc(OC)c(OC)c2)c1. The Morgan fingerprint density at radius 1 is 0.952 bits per heavy atom. The van der Waals surface area contributed by atoms with E-state index in [9.17, 15) is 4.79 Å². The Morgan fingerprint density at radius 3 is 2.33 bits per heavy atom. The third kappa shape index (κ3) is 3.34. The van der Waals surface area contributed by atoms with Crippen molar-refractivity contribution in [1.82, 2.24) is 0 Å². The molecule has 4 nitrogen and oxygen atoms in total. The van der Waals surface area contributed by atoms with Crippen molar-refractivity contribution in [3.05, 3.63) is 53.6 Å². The third-order valence-corrected chi connectivity index (χ3v) is 3.05. The van der Waals surface area contributed by atoms with Gasteiger partial charge in [0.2, 0.25) is 0 Å². The monoisotopic (exact) mass is 286 g/mol. The molecule has 2 aromatic rings. The van der Waals surface area contributed by atoms with Crippen molar-refractivity contribution in [2.75, 3.05) is 20.8 Å². The molecule has 2 aromatic carbocycles. The van der Waals surface area contributed by atoms with Crippen molar-refractivity contribution in [3.8, 4) is 17.2 Å². The van der Waals surface area contributed by atoms with Crippen LogP contribution in [-0.4, -0.2) is 26.6 Å². The second-order valence-electron chi connectivity index (χ2n) is 4.36. The second kappa shape index (κ2) is 6.79. The molecule has 0 radical (unpaired) electrons. The number of methoxy groups -OCH3 is 2. The van der Waals surface area contributed by atoms with Crippen molar-refractivity contribution in [2.24, 2.45) is 0 Å². The van der Waals surface area contributed by atoms with Gasteiger partial charge in [-0.3, -0.25) is 4.79 Å². The smallest absolute Gasteiger partial charge is 0.193 e. The lowest BCUT2D eigenvalue weighted by Gasteiger charge is -2.10. The zero-order valence-electron chi connectivity index (χ0n) is 12.4. The molecule has 0 saturated carbocycles. The molecule has 110 valence electrons. The van der Waals surface area contributed by atoms with E-state index in [-0.39, 0.29) is 5.78 Å². The first-order chi connectivity index (χ1) is 10.2. The van der Waals surface area contributed by atoms with Gasteiger partial charge < -0.3 is 14.2 Å². The summed E-state index contributed by atoms with van der Waals surface area (Å²) in [6.45, 7) is 2.47. The van der Waals surface area contributed by atoms with E-state index in [2.05, 4.69) is 0 Å². The van der Waals surface area contributed by atoms with E-state index in [1.165, 1.54) is 0 Å². The zero-order valence-corrected chi connectivity index (χ0v) is 12.4. The van der Waals surface area contributed by atoms with Crippen LogP contribution in [0, 0.1) is 0 Å². The average Bonchev–Trinajstić information content (AvgIpc) is 2.54. The van der Waals surface area contributed by atoms with Gasteiger partial charge in [0, 0.05) is 11.1 Å². The van der Waals surface area contributed by atoms with Crippen LogP contribution in [0.1, 0.15) is 22.8 Å². The molecule has 0 aromatic heterocycles. The van der Waals surface area contributed by atoms with Crippen LogP contribution in [0.5, 0.6) is 17.2 Å². The topological polar surface area (TPSA) is 44.8 Å². The van der Waals surface area contributed by atoms with Crippen LogP contribution >= 0.6 is 0 Å². The average molecular weight is 286 g/mol. The maximum Gasteiger partial charge on any atom is 0.193 e. The Labute approximate surface area is 124 Å². The summed E-state index contributed by atoms with van der Waals surface area (Å²) in [5.74, 6) is 1.72. The lowest BCUT2D eigenvalue weighted by molar-refractivity contribution is 0.103. The Balaban J connectivity index is 2.33. The normalized spacial score (nSPS) is 10.0. The summed E-state index contributed by atoms with van der Waals surface area (Å²) in [7, 11) is 3.10. The largest absolute Gasteiger partial charge is 0.494 e. The highest BCUT2D eigenvalue weighted by molar-refractivity contribution is 6.09. The van der Waals surface area contributed by atoms with Crippen molar-refractivity contribution < 1.29 is 19.0 Å². The van der Waals surface area contributed by atoms with Crippen LogP contribution < -0.4 is 14.2 Å². The number of hydrogen-bond acceptors (Lipinski definition) is 4. The van der Waals surface area contributed by atoms with Gasteiger partial charge in [0.1, 0.15) is 5.75 Å². The number of carbonyl (C=O) groups is 1. The Hall–Kier alpha value is -2.49. The predicted molar refractivity (Wildman–Crippen MR) is 80.6 cm³/mol. The minimum atomic E-state index is -0.0856. The summed E-state index contributed by atoms with van der Waals surface area (Å²) in [6.07, 6.45) is 0. The highest BCUT2D eigenvalue weighted by Gasteiger charge is 2.13. The quantitative estimate of drug-likeness (QED) is 0.764. The molecule has 0 fully saturated rings. The summed E-state index contributed by atoms with van der Waals surface area (Å²) in [5.41, 5.74) is 1.12. The molecular formula is C17H18O4. The van der Waals surface area contributed by atoms with Gasteiger partial charge in [-0.1, -0.05) is 12.1 Å². The summed E-state index contributed by atoms with van der Waals surface area (Å²) >= 11 is 0. The van der Waals surface area contributed by atoms with Gasteiger partial charge >= 0.3 is 0 Å². The van der Waals surface area contributed by atoms with Gasteiger partial charge in [0.25, 0.3) is 0 Å². The van der Waals surface area contributed by atoms with E-state index in [4.69, 9.17) is 14.2 Å². The van der Waals surface area contributed by atoms with Crippen LogP contribution in [0.3, 0.4) is 0 Å². The van der Waals surface area contributed by atoms with Crippen molar-refractivity contribution in [1.29, 1.82) is 0 Å². The zero-order chi connectivity index (χ0) is 15.2. The molecule has 0 amide bonds. The minimum absolute atomic E-state index is 0.0856. The molecule has 2 rings (SSSR count). The van der Waals surface area contributed by atoms with Gasteiger partial charge in [-0.05, 0) is 37.3 Å². The number of rotatable bonds is 6. The van der Waals surface area contributed by atoms with Gasteiger partial charge in [-0.25, -0.2) is 0 Å². The summed E-state index contributed by atoms with van der Waals surface area (Å²) in [5, 5.41) is 0. The van der Waals surface area contributed by atoms with Crippen LogP contribution in [0.25, 0.3) is 0 Å². The van der Waals surface area contributed by atoms with E-state index < -0.39 is 0 Å². The van der Waals surface area contributed by atoms with E-state index >= 15 is 0 Å². The van der Waals surface area contributed by atoms with E-state index in [1.54, 1.807) is 50.6 Å². The Morgan fingerprint density at radius 2 is 1.67 bits per heavy atom. The summed E-state index contributed by atoms with van der Waals surface area (Å²) in [6, 6.07) is 12.3. The highest BCUT2D eigenvalue weighted by atomic mass is 16.5. The highest BCUT2D eigenvalue weighted by Crippen LogP contribution is 2.28. The number of hydrogen-bond donors (Lipinski definition) is 0. The lowest BCUT2D eigenvalue weighted by Crippen LogP contribution is -2.03. The first-order valence-corrected chi connectivity index (χ1v) is 6.69. The fraction of sp³-hybridized carbons (Fsp3) is 0.235. The number of carbonyl (C=O) groups excluding carboxylic acids is 1. The molecule has 0 atom stereocenters. The van der Waals surface area contributed by atoms with Gasteiger partial charge in [-0.2, -0.15) is 0 Å². The molecule has 0 bridgehead atoms. The van der Waals surface area contributed by atoms with Crippen molar-refractivity contribution in [3.63, 3.8) is 0 Å². The lowest BCUT2D eigenvalue weighted by atomic mass is 10.0.